The Morgan fingerprint density at radius 1 is 1.04 bits per heavy atom. The summed E-state index contributed by atoms with van der Waals surface area (Å²) in [6.07, 6.45) is 3.72. The van der Waals surface area contributed by atoms with Crippen molar-refractivity contribution in [2.75, 3.05) is 0 Å². The zero-order valence-corrected chi connectivity index (χ0v) is 13.9. The molecular weight excluding hydrogens is 318 g/mol. The number of carbonyl (C=O) groups excluding carboxylic acids is 1. The highest BCUT2D eigenvalue weighted by molar-refractivity contribution is 8.00. The number of nitrogens with zero attached hydrogens (tertiary/aromatic N) is 2. The van der Waals surface area contributed by atoms with Crippen molar-refractivity contribution < 1.29 is 4.79 Å². The van der Waals surface area contributed by atoms with E-state index in [4.69, 9.17) is 0 Å². The molecule has 0 aliphatic heterocycles. The van der Waals surface area contributed by atoms with E-state index < -0.39 is 0 Å². The summed E-state index contributed by atoms with van der Waals surface area (Å²) in [7, 11) is 0. The summed E-state index contributed by atoms with van der Waals surface area (Å²) in [5.74, 6) is 0.0522. The molecule has 1 aliphatic carbocycles. The monoisotopic (exact) mass is 335 g/mol. The molecule has 1 amide bonds. The van der Waals surface area contributed by atoms with Crippen LogP contribution in [0.5, 0.6) is 0 Å². The van der Waals surface area contributed by atoms with Crippen molar-refractivity contribution in [2.24, 2.45) is 0 Å². The summed E-state index contributed by atoms with van der Waals surface area (Å²) < 4.78 is 0. The molecule has 5 heteroatoms. The van der Waals surface area contributed by atoms with Gasteiger partial charge in [-0.25, -0.2) is 9.97 Å². The van der Waals surface area contributed by atoms with Crippen LogP contribution in [0.1, 0.15) is 23.7 Å². The van der Waals surface area contributed by atoms with Crippen molar-refractivity contribution in [1.82, 2.24) is 15.3 Å². The molecular formula is C19H17N3OS. The van der Waals surface area contributed by atoms with Crippen LogP contribution in [-0.2, 0) is 4.79 Å². The normalized spacial score (nSPS) is 15.2. The van der Waals surface area contributed by atoms with E-state index >= 15 is 0 Å². The minimum Gasteiger partial charge on any atom is -0.352 e. The zero-order chi connectivity index (χ0) is 16.4. The summed E-state index contributed by atoms with van der Waals surface area (Å²) in [6.45, 7) is 0. The molecule has 1 fully saturated rings. The number of aromatic nitrogens is 2. The molecule has 0 bridgehead atoms. The summed E-state index contributed by atoms with van der Waals surface area (Å²) in [4.78, 5) is 21.5. The summed E-state index contributed by atoms with van der Waals surface area (Å²) in [6, 6.07) is 18.1. The van der Waals surface area contributed by atoms with Crippen molar-refractivity contribution in [2.45, 2.75) is 29.2 Å². The number of amides is 1. The number of fused-ring (bicyclic) bond motifs is 1. The molecule has 0 saturated heterocycles. The molecule has 0 spiro atoms. The van der Waals surface area contributed by atoms with Gasteiger partial charge >= 0.3 is 0 Å². The Labute approximate surface area is 144 Å². The first-order chi connectivity index (χ1) is 11.8. The molecule has 1 heterocycles. The van der Waals surface area contributed by atoms with Gasteiger partial charge in [-0.3, -0.25) is 4.79 Å². The number of benzene rings is 2. The van der Waals surface area contributed by atoms with Gasteiger partial charge in [0.1, 0.15) is 16.6 Å². The molecule has 4 rings (SSSR count). The highest BCUT2D eigenvalue weighted by atomic mass is 32.2. The van der Waals surface area contributed by atoms with Crippen LogP contribution in [0.4, 0.5) is 0 Å². The molecule has 2 aromatic carbocycles. The van der Waals surface area contributed by atoms with Gasteiger partial charge in [0.25, 0.3) is 0 Å². The topological polar surface area (TPSA) is 54.9 Å². The molecule has 3 aromatic rings. The molecule has 1 aliphatic rings. The van der Waals surface area contributed by atoms with E-state index in [9.17, 15) is 4.79 Å². The molecule has 1 aromatic heterocycles. The van der Waals surface area contributed by atoms with Crippen LogP contribution in [0, 0.1) is 0 Å². The van der Waals surface area contributed by atoms with Gasteiger partial charge in [0, 0.05) is 11.4 Å². The number of rotatable bonds is 5. The molecule has 1 N–H and O–H groups in total. The lowest BCUT2D eigenvalue weighted by molar-refractivity contribution is -0.120. The lowest BCUT2D eigenvalue weighted by atomic mass is 10.1. The lowest BCUT2D eigenvalue weighted by Gasteiger charge is -2.17. The average molecular weight is 335 g/mol. The second-order valence-corrected chi connectivity index (χ2v) is 6.98. The Balaban J connectivity index is 1.69. The maximum absolute atomic E-state index is 12.8. The summed E-state index contributed by atoms with van der Waals surface area (Å²) in [5.41, 5.74) is 1.88. The predicted octanol–water partition coefficient (Wildman–Crippen LogP) is 3.74. The zero-order valence-electron chi connectivity index (χ0n) is 13.1. The van der Waals surface area contributed by atoms with Gasteiger partial charge in [-0.05, 0) is 24.5 Å². The predicted molar refractivity (Wildman–Crippen MR) is 95.7 cm³/mol. The fourth-order valence-electron chi connectivity index (χ4n) is 2.59. The summed E-state index contributed by atoms with van der Waals surface area (Å²) >= 11 is 1.49. The van der Waals surface area contributed by atoms with E-state index in [1.54, 1.807) is 6.33 Å². The molecule has 4 nitrogen and oxygen atoms in total. The van der Waals surface area contributed by atoms with Gasteiger partial charge in [-0.15, -0.1) is 0 Å². The van der Waals surface area contributed by atoms with Crippen LogP contribution >= 0.6 is 11.8 Å². The van der Waals surface area contributed by atoms with Crippen molar-refractivity contribution in [3.63, 3.8) is 0 Å². The third-order valence-electron chi connectivity index (χ3n) is 4.00. The first-order valence-electron chi connectivity index (χ1n) is 8.03. The Morgan fingerprint density at radius 3 is 2.58 bits per heavy atom. The van der Waals surface area contributed by atoms with E-state index in [2.05, 4.69) is 15.3 Å². The van der Waals surface area contributed by atoms with Gasteiger partial charge < -0.3 is 5.32 Å². The molecule has 1 saturated carbocycles. The minimum atomic E-state index is -0.315. The van der Waals surface area contributed by atoms with Crippen LogP contribution in [0.15, 0.2) is 66.0 Å². The van der Waals surface area contributed by atoms with Gasteiger partial charge in [0.15, 0.2) is 0 Å². The number of thioether (sulfide) groups is 1. The number of hydrogen-bond donors (Lipinski definition) is 1. The minimum absolute atomic E-state index is 0.0522. The standard InChI is InChI=1S/C19H17N3OS/c23-18(22-14-10-11-14)17(13-6-2-1-3-7-13)24-19-15-8-4-5-9-16(15)20-12-21-19/h1-9,12,14,17H,10-11H2,(H,22,23)/t17-/m1/s1. The first kappa shape index (κ1) is 15.1. The third kappa shape index (κ3) is 3.26. The van der Waals surface area contributed by atoms with E-state index in [1.165, 1.54) is 11.8 Å². The van der Waals surface area contributed by atoms with Crippen LogP contribution < -0.4 is 5.32 Å². The maximum atomic E-state index is 12.8. The van der Waals surface area contributed by atoms with E-state index in [-0.39, 0.29) is 11.2 Å². The van der Waals surface area contributed by atoms with E-state index in [1.807, 2.05) is 54.6 Å². The number of carbonyl (C=O) groups is 1. The Kier molecular flexibility index (Phi) is 4.17. The van der Waals surface area contributed by atoms with Crippen molar-refractivity contribution >= 4 is 28.6 Å². The van der Waals surface area contributed by atoms with E-state index in [0.29, 0.717) is 6.04 Å². The quantitative estimate of drug-likeness (QED) is 0.570. The number of hydrogen-bond acceptors (Lipinski definition) is 4. The van der Waals surface area contributed by atoms with Crippen LogP contribution in [0.25, 0.3) is 10.9 Å². The first-order valence-corrected chi connectivity index (χ1v) is 8.91. The molecule has 0 radical (unpaired) electrons. The molecule has 120 valence electrons. The fourth-order valence-corrected chi connectivity index (χ4v) is 3.69. The van der Waals surface area contributed by atoms with Gasteiger partial charge in [-0.1, -0.05) is 60.3 Å². The highest BCUT2D eigenvalue weighted by Gasteiger charge is 2.29. The Hall–Kier alpha value is -2.40. The molecule has 1 atom stereocenters. The lowest BCUT2D eigenvalue weighted by Crippen LogP contribution is -2.29. The van der Waals surface area contributed by atoms with Crippen LogP contribution in [0.2, 0.25) is 0 Å². The SMILES string of the molecule is O=C(NC1CC1)[C@H](Sc1ncnc2ccccc12)c1ccccc1. The molecule has 0 unspecified atom stereocenters. The second kappa shape index (κ2) is 6.61. The van der Waals surface area contributed by atoms with Gasteiger partial charge in [-0.2, -0.15) is 0 Å². The number of para-hydroxylation sites is 1. The maximum Gasteiger partial charge on any atom is 0.238 e. The van der Waals surface area contributed by atoms with Crippen molar-refractivity contribution in [3.8, 4) is 0 Å². The Morgan fingerprint density at radius 2 is 1.79 bits per heavy atom. The summed E-state index contributed by atoms with van der Waals surface area (Å²) in [5, 5.41) is 4.61. The smallest absolute Gasteiger partial charge is 0.238 e. The highest BCUT2D eigenvalue weighted by Crippen LogP contribution is 2.37. The Bertz CT molecular complexity index is 859. The fraction of sp³-hybridized carbons (Fsp3) is 0.211. The second-order valence-electron chi connectivity index (χ2n) is 5.89. The van der Waals surface area contributed by atoms with Crippen molar-refractivity contribution in [3.05, 3.63) is 66.5 Å². The van der Waals surface area contributed by atoms with E-state index in [0.717, 1.165) is 34.3 Å². The third-order valence-corrected chi connectivity index (χ3v) is 5.27. The van der Waals surface area contributed by atoms with Crippen molar-refractivity contribution in [1.29, 1.82) is 0 Å². The van der Waals surface area contributed by atoms with Gasteiger partial charge in [0.2, 0.25) is 5.91 Å². The number of nitrogens with one attached hydrogen (secondary N) is 1. The average Bonchev–Trinajstić information content (AvgIpc) is 3.44. The molecule has 24 heavy (non-hydrogen) atoms. The van der Waals surface area contributed by atoms with Gasteiger partial charge in [0.05, 0.1) is 5.52 Å². The largest absolute Gasteiger partial charge is 0.352 e. The van der Waals surface area contributed by atoms with Crippen LogP contribution in [-0.4, -0.2) is 21.9 Å². The van der Waals surface area contributed by atoms with Crippen LogP contribution in [0.3, 0.4) is 0 Å².